The Morgan fingerprint density at radius 2 is 0.938 bits per heavy atom. The first kappa shape index (κ1) is 24.1. The number of halogens is 6. The summed E-state index contributed by atoms with van der Waals surface area (Å²) in [6.45, 7) is 0. The summed E-state index contributed by atoms with van der Waals surface area (Å²) >= 11 is 10.3. The van der Waals surface area contributed by atoms with Crippen LogP contribution in [-0.2, 0) is 0 Å². The summed E-state index contributed by atoms with van der Waals surface area (Å²) < 4.78 is 81.5. The van der Waals surface area contributed by atoms with Gasteiger partial charge in [0.25, 0.3) is 0 Å². The first-order valence-electron chi connectivity index (χ1n) is 9.58. The number of hydrogen-bond donors (Lipinski definition) is 4. The molecule has 4 N–H and O–H groups in total. The van der Waals surface area contributed by atoms with Gasteiger partial charge in [-0.2, -0.15) is 0 Å². The molecule has 0 saturated heterocycles. The van der Waals surface area contributed by atoms with E-state index in [-0.39, 0.29) is 22.3 Å². The van der Waals surface area contributed by atoms with Gasteiger partial charge in [0.05, 0.1) is 0 Å². The largest absolute Gasteiger partial charge is 0.358 e. The molecule has 0 amide bonds. The van der Waals surface area contributed by atoms with E-state index in [4.69, 9.17) is 24.4 Å². The minimum atomic E-state index is -1.14. The molecule has 0 heterocycles. The summed E-state index contributed by atoms with van der Waals surface area (Å²) in [5.74, 6) is -6.68. The van der Waals surface area contributed by atoms with E-state index in [9.17, 15) is 26.3 Å². The van der Waals surface area contributed by atoms with Gasteiger partial charge in [-0.05, 0) is 37.3 Å². The number of benzene rings is 2. The smallest absolute Gasteiger partial charge is 0.171 e. The molecule has 2 aromatic carbocycles. The molecule has 0 aromatic heterocycles. The Bertz CT molecular complexity index is 908. The molecule has 12 heteroatoms. The van der Waals surface area contributed by atoms with Crippen LogP contribution in [0.25, 0.3) is 0 Å². The Hall–Kier alpha value is -2.60. The normalized spacial score (nSPS) is 18.1. The topological polar surface area (TPSA) is 48.1 Å². The molecule has 32 heavy (non-hydrogen) atoms. The molecule has 3 rings (SSSR count). The number of nitrogens with one attached hydrogen (secondary N) is 4. The van der Waals surface area contributed by atoms with Crippen molar-refractivity contribution in [3.63, 3.8) is 0 Å². The lowest BCUT2D eigenvalue weighted by molar-refractivity contribution is 0.339. The summed E-state index contributed by atoms with van der Waals surface area (Å²) in [4.78, 5) is 0. The maximum atomic E-state index is 13.8. The van der Waals surface area contributed by atoms with Crippen molar-refractivity contribution in [2.75, 3.05) is 10.6 Å². The second kappa shape index (κ2) is 10.3. The van der Waals surface area contributed by atoms with E-state index in [1.165, 1.54) is 0 Å². The molecule has 1 aliphatic carbocycles. The van der Waals surface area contributed by atoms with Crippen molar-refractivity contribution in [2.45, 2.75) is 37.8 Å². The van der Waals surface area contributed by atoms with Crippen LogP contribution in [0.4, 0.5) is 37.7 Å². The zero-order chi connectivity index (χ0) is 23.4. The van der Waals surface area contributed by atoms with Crippen LogP contribution in [0.15, 0.2) is 24.3 Å². The van der Waals surface area contributed by atoms with Gasteiger partial charge in [-0.25, -0.2) is 26.3 Å². The van der Waals surface area contributed by atoms with Crippen LogP contribution in [0.3, 0.4) is 0 Å². The Morgan fingerprint density at radius 3 is 1.25 bits per heavy atom. The summed E-state index contributed by atoms with van der Waals surface area (Å²) in [6, 6.07) is 1.43. The predicted molar refractivity (Wildman–Crippen MR) is 117 cm³/mol. The van der Waals surface area contributed by atoms with E-state index in [2.05, 4.69) is 21.3 Å². The van der Waals surface area contributed by atoms with Gasteiger partial charge in [0.15, 0.2) is 33.5 Å². The number of hydrogen-bond acceptors (Lipinski definition) is 2. The fourth-order valence-electron chi connectivity index (χ4n) is 3.44. The van der Waals surface area contributed by atoms with Gasteiger partial charge < -0.3 is 21.3 Å². The lowest BCUT2D eigenvalue weighted by atomic mass is 9.90. The summed E-state index contributed by atoms with van der Waals surface area (Å²) in [5, 5.41) is 10.4. The molecule has 0 bridgehead atoms. The van der Waals surface area contributed by atoms with Crippen molar-refractivity contribution in [3.8, 4) is 0 Å². The summed E-state index contributed by atoms with van der Waals surface area (Å²) in [7, 11) is 0. The van der Waals surface area contributed by atoms with Gasteiger partial charge in [-0.1, -0.05) is 12.8 Å². The quantitative estimate of drug-likeness (QED) is 0.352. The Kier molecular flexibility index (Phi) is 7.77. The zero-order valence-electron chi connectivity index (χ0n) is 16.4. The lowest BCUT2D eigenvalue weighted by Crippen LogP contribution is -2.54. The van der Waals surface area contributed by atoms with Crippen molar-refractivity contribution in [3.05, 3.63) is 59.2 Å². The third kappa shape index (κ3) is 6.00. The van der Waals surface area contributed by atoms with Crippen LogP contribution in [0.5, 0.6) is 0 Å². The van der Waals surface area contributed by atoms with Crippen molar-refractivity contribution < 1.29 is 26.3 Å². The molecule has 0 spiro atoms. The van der Waals surface area contributed by atoms with E-state index >= 15 is 0 Å². The van der Waals surface area contributed by atoms with Crippen molar-refractivity contribution in [1.29, 1.82) is 0 Å². The molecule has 1 aliphatic rings. The molecule has 0 radical (unpaired) electrons. The van der Waals surface area contributed by atoms with Crippen LogP contribution in [0.1, 0.15) is 25.7 Å². The lowest BCUT2D eigenvalue weighted by Gasteiger charge is -2.34. The third-order valence-electron chi connectivity index (χ3n) is 4.89. The molecule has 4 nitrogen and oxygen atoms in total. The molecule has 172 valence electrons. The molecule has 2 unspecified atom stereocenters. The SMILES string of the molecule is Fc1cc(F)c(NC(=S)NC2CCCCC2NC(=S)Nc2c(F)cc(F)cc2F)c(F)c1. The molecule has 1 saturated carbocycles. The second-order valence-corrected chi connectivity index (χ2v) is 8.00. The molecule has 2 aromatic rings. The minimum Gasteiger partial charge on any atom is -0.358 e. The van der Waals surface area contributed by atoms with Crippen molar-refractivity contribution >= 4 is 46.0 Å². The van der Waals surface area contributed by atoms with Crippen LogP contribution >= 0.6 is 24.4 Å². The highest BCUT2D eigenvalue weighted by Crippen LogP contribution is 2.23. The van der Waals surface area contributed by atoms with E-state index in [1.54, 1.807) is 0 Å². The first-order valence-corrected chi connectivity index (χ1v) is 10.4. The van der Waals surface area contributed by atoms with Gasteiger partial charge in [0.2, 0.25) is 0 Å². The van der Waals surface area contributed by atoms with Crippen LogP contribution in [0.2, 0.25) is 0 Å². The van der Waals surface area contributed by atoms with E-state index < -0.39 is 46.3 Å². The maximum absolute atomic E-state index is 13.8. The van der Waals surface area contributed by atoms with Crippen LogP contribution < -0.4 is 21.3 Å². The minimum absolute atomic E-state index is 0.0948. The van der Waals surface area contributed by atoms with Gasteiger partial charge in [-0.15, -0.1) is 0 Å². The Labute approximate surface area is 190 Å². The number of thiocarbonyl (C=S) groups is 2. The maximum Gasteiger partial charge on any atom is 0.171 e. The molecule has 1 fully saturated rings. The fourth-order valence-corrected chi connectivity index (χ4v) is 3.94. The highest BCUT2D eigenvalue weighted by molar-refractivity contribution is 7.80. The van der Waals surface area contributed by atoms with E-state index in [0.717, 1.165) is 12.8 Å². The predicted octanol–water partition coefficient (Wildman–Crippen LogP) is 5.11. The van der Waals surface area contributed by atoms with Gasteiger partial charge in [-0.3, -0.25) is 0 Å². The van der Waals surface area contributed by atoms with Crippen LogP contribution in [0, 0.1) is 34.9 Å². The van der Waals surface area contributed by atoms with Crippen LogP contribution in [-0.4, -0.2) is 22.3 Å². The molecule has 2 atom stereocenters. The fraction of sp³-hybridized carbons (Fsp3) is 0.300. The number of rotatable bonds is 4. The highest BCUT2D eigenvalue weighted by atomic mass is 32.1. The molecular weight excluding hydrogens is 474 g/mol. The average molecular weight is 493 g/mol. The van der Waals surface area contributed by atoms with Gasteiger partial charge in [0.1, 0.15) is 23.0 Å². The average Bonchev–Trinajstić information content (AvgIpc) is 2.69. The second-order valence-electron chi connectivity index (χ2n) is 7.18. The Morgan fingerprint density at radius 1 is 0.625 bits per heavy atom. The first-order chi connectivity index (χ1) is 15.1. The van der Waals surface area contributed by atoms with Gasteiger partial charge >= 0.3 is 0 Å². The molecule has 0 aliphatic heterocycles. The van der Waals surface area contributed by atoms with E-state index in [1.807, 2.05) is 0 Å². The van der Waals surface area contributed by atoms with Gasteiger partial charge in [0, 0.05) is 36.3 Å². The van der Waals surface area contributed by atoms with Crippen molar-refractivity contribution in [1.82, 2.24) is 10.6 Å². The zero-order valence-corrected chi connectivity index (χ0v) is 18.0. The van der Waals surface area contributed by atoms with Crippen molar-refractivity contribution in [2.24, 2.45) is 0 Å². The standard InChI is InChI=1S/C20H18F6N4S2/c21-9-5-11(23)17(12(24)6-9)29-19(31)27-15-3-1-2-4-16(15)28-20(32)30-18-13(25)7-10(22)8-14(18)26/h5-8,15-16H,1-4H2,(H2,27,29,31)(H2,28,30,32). The monoisotopic (exact) mass is 492 g/mol. The molecular formula is C20H18F6N4S2. The Balaban J connectivity index is 1.63. The third-order valence-corrected chi connectivity index (χ3v) is 5.33. The van der Waals surface area contributed by atoms with E-state index in [0.29, 0.717) is 37.1 Å². The summed E-state index contributed by atoms with van der Waals surface area (Å²) in [5.41, 5.74) is -1.19. The summed E-state index contributed by atoms with van der Waals surface area (Å²) in [6.07, 6.45) is 2.91. The highest BCUT2D eigenvalue weighted by Gasteiger charge is 2.27. The number of anilines is 2.